The summed E-state index contributed by atoms with van der Waals surface area (Å²) in [6, 6.07) is 11.8. The molecule has 0 amide bonds. The number of hydrogen-bond donors (Lipinski definition) is 1. The van der Waals surface area contributed by atoms with Crippen molar-refractivity contribution < 1.29 is 0 Å². The van der Waals surface area contributed by atoms with Crippen molar-refractivity contribution in [1.82, 2.24) is 10.2 Å². The third kappa shape index (κ3) is 3.56. The molecule has 1 heterocycles. The first kappa shape index (κ1) is 13.6. The minimum absolute atomic E-state index is 0.445. The van der Waals surface area contributed by atoms with Gasteiger partial charge >= 0.3 is 0 Å². The molecule has 0 aliphatic carbocycles. The first-order valence-electron chi connectivity index (χ1n) is 7.16. The van der Waals surface area contributed by atoms with Gasteiger partial charge in [0, 0.05) is 12.1 Å². The summed E-state index contributed by atoms with van der Waals surface area (Å²) in [5.74, 6) is 0.826. The molecular formula is C16H26N2. The van der Waals surface area contributed by atoms with E-state index in [4.69, 9.17) is 0 Å². The summed E-state index contributed by atoms with van der Waals surface area (Å²) in [6.07, 6.45) is 2.65. The highest BCUT2D eigenvalue weighted by Gasteiger charge is 2.23. The highest BCUT2D eigenvalue weighted by atomic mass is 15.1. The molecule has 1 aliphatic heterocycles. The average Bonchev–Trinajstić information content (AvgIpc) is 2.40. The normalized spacial score (nSPS) is 21.7. The van der Waals surface area contributed by atoms with Crippen LogP contribution in [0.15, 0.2) is 30.3 Å². The first-order chi connectivity index (χ1) is 8.66. The van der Waals surface area contributed by atoms with Gasteiger partial charge in [0.25, 0.3) is 0 Å². The van der Waals surface area contributed by atoms with Crippen molar-refractivity contribution in [3.63, 3.8) is 0 Å². The Bertz CT molecular complexity index is 341. The Balaban J connectivity index is 1.85. The van der Waals surface area contributed by atoms with Crippen LogP contribution in [0.5, 0.6) is 0 Å². The van der Waals surface area contributed by atoms with Crippen molar-refractivity contribution in [1.29, 1.82) is 0 Å². The molecule has 2 heteroatoms. The van der Waals surface area contributed by atoms with Gasteiger partial charge in [-0.3, -0.25) is 0 Å². The second-order valence-electron chi connectivity index (χ2n) is 5.73. The summed E-state index contributed by atoms with van der Waals surface area (Å²) in [7, 11) is 2.22. The molecule has 1 saturated heterocycles. The zero-order valence-corrected chi connectivity index (χ0v) is 11.9. The quantitative estimate of drug-likeness (QED) is 0.878. The number of benzene rings is 1. The van der Waals surface area contributed by atoms with Crippen LogP contribution in [0.25, 0.3) is 0 Å². The largest absolute Gasteiger partial charge is 0.307 e. The molecule has 0 radical (unpaired) electrons. The Morgan fingerprint density at radius 3 is 2.33 bits per heavy atom. The molecule has 100 valence electrons. The van der Waals surface area contributed by atoms with E-state index in [0.717, 1.165) is 5.92 Å². The van der Waals surface area contributed by atoms with E-state index in [1.165, 1.54) is 31.5 Å². The third-order valence-electron chi connectivity index (χ3n) is 4.28. The number of hydrogen-bond acceptors (Lipinski definition) is 2. The predicted molar refractivity (Wildman–Crippen MR) is 77.7 cm³/mol. The van der Waals surface area contributed by atoms with Gasteiger partial charge in [-0.15, -0.1) is 0 Å². The molecule has 2 rings (SSSR count). The lowest BCUT2D eigenvalue weighted by Gasteiger charge is -2.34. The van der Waals surface area contributed by atoms with Crippen LogP contribution in [0.2, 0.25) is 0 Å². The maximum Gasteiger partial charge on any atom is 0.0294 e. The molecule has 0 saturated carbocycles. The van der Waals surface area contributed by atoms with Gasteiger partial charge < -0.3 is 10.2 Å². The molecule has 0 spiro atoms. The first-order valence-corrected chi connectivity index (χ1v) is 7.16. The minimum atomic E-state index is 0.445. The van der Waals surface area contributed by atoms with Gasteiger partial charge in [0.1, 0.15) is 0 Å². The van der Waals surface area contributed by atoms with E-state index in [9.17, 15) is 0 Å². The van der Waals surface area contributed by atoms with E-state index in [1.807, 2.05) is 0 Å². The molecule has 1 fully saturated rings. The van der Waals surface area contributed by atoms with Crippen molar-refractivity contribution in [3.8, 4) is 0 Å². The van der Waals surface area contributed by atoms with Crippen LogP contribution in [-0.4, -0.2) is 31.1 Å². The number of likely N-dealkylation sites (tertiary alicyclic amines) is 1. The number of rotatable bonds is 4. The molecular weight excluding hydrogens is 220 g/mol. The van der Waals surface area contributed by atoms with E-state index in [2.05, 4.69) is 61.4 Å². The fraction of sp³-hybridized carbons (Fsp3) is 0.625. The van der Waals surface area contributed by atoms with Crippen molar-refractivity contribution in [2.24, 2.45) is 5.92 Å². The number of nitrogens with zero attached hydrogens (tertiary/aromatic N) is 1. The molecule has 18 heavy (non-hydrogen) atoms. The topological polar surface area (TPSA) is 15.3 Å². The van der Waals surface area contributed by atoms with E-state index in [-0.39, 0.29) is 0 Å². The Morgan fingerprint density at radius 2 is 1.72 bits per heavy atom. The van der Waals surface area contributed by atoms with Crippen molar-refractivity contribution in [2.45, 2.75) is 38.8 Å². The van der Waals surface area contributed by atoms with Gasteiger partial charge in [-0.2, -0.15) is 0 Å². The van der Waals surface area contributed by atoms with Crippen LogP contribution in [-0.2, 0) is 0 Å². The summed E-state index contributed by atoms with van der Waals surface area (Å²) in [6.45, 7) is 7.10. The molecule has 2 atom stereocenters. The minimum Gasteiger partial charge on any atom is -0.307 e. The van der Waals surface area contributed by atoms with E-state index in [1.54, 1.807) is 0 Å². The molecule has 0 aromatic heterocycles. The zero-order chi connectivity index (χ0) is 13.0. The van der Waals surface area contributed by atoms with Crippen LogP contribution in [0.1, 0.15) is 38.3 Å². The molecule has 1 aromatic carbocycles. The lowest BCUT2D eigenvalue weighted by Crippen LogP contribution is -2.41. The maximum atomic E-state index is 3.76. The highest BCUT2D eigenvalue weighted by molar-refractivity contribution is 5.18. The summed E-state index contributed by atoms with van der Waals surface area (Å²) < 4.78 is 0. The molecule has 0 bridgehead atoms. The molecule has 1 aromatic rings. The van der Waals surface area contributed by atoms with E-state index < -0.39 is 0 Å². The average molecular weight is 246 g/mol. The second-order valence-corrected chi connectivity index (χ2v) is 5.73. The van der Waals surface area contributed by atoms with Crippen LogP contribution in [0.3, 0.4) is 0 Å². The summed E-state index contributed by atoms with van der Waals surface area (Å²) in [5, 5.41) is 3.76. The number of nitrogens with one attached hydrogen (secondary N) is 1. The fourth-order valence-electron chi connectivity index (χ4n) is 2.90. The van der Waals surface area contributed by atoms with E-state index >= 15 is 0 Å². The van der Waals surface area contributed by atoms with Crippen LogP contribution in [0, 0.1) is 5.92 Å². The monoisotopic (exact) mass is 246 g/mol. The van der Waals surface area contributed by atoms with Gasteiger partial charge in [0.15, 0.2) is 0 Å². The number of piperidine rings is 1. The SMILES string of the molecule is CC(NC(C)C1CCN(C)CC1)c1ccccc1. The molecule has 2 unspecified atom stereocenters. The van der Waals surface area contributed by atoms with Gasteiger partial charge in [-0.1, -0.05) is 30.3 Å². The Labute approximate surface area is 111 Å². The maximum absolute atomic E-state index is 3.76. The standard InChI is InChI=1S/C16H26N2/c1-13(15-7-5-4-6-8-15)17-14(2)16-9-11-18(3)12-10-16/h4-8,13-14,16-17H,9-12H2,1-3H3. The van der Waals surface area contributed by atoms with Crippen LogP contribution in [0.4, 0.5) is 0 Å². The van der Waals surface area contributed by atoms with Gasteiger partial charge in [0.05, 0.1) is 0 Å². The second kappa shape index (κ2) is 6.35. The lowest BCUT2D eigenvalue weighted by molar-refractivity contribution is 0.185. The van der Waals surface area contributed by atoms with Crippen LogP contribution < -0.4 is 5.32 Å². The molecule has 1 aliphatic rings. The lowest BCUT2D eigenvalue weighted by atomic mass is 9.90. The van der Waals surface area contributed by atoms with Crippen LogP contribution >= 0.6 is 0 Å². The van der Waals surface area contributed by atoms with Gasteiger partial charge in [-0.05, 0) is 58.3 Å². The third-order valence-corrected chi connectivity index (χ3v) is 4.28. The van der Waals surface area contributed by atoms with Gasteiger partial charge in [0.2, 0.25) is 0 Å². The van der Waals surface area contributed by atoms with Crippen molar-refractivity contribution >= 4 is 0 Å². The molecule has 1 N–H and O–H groups in total. The zero-order valence-electron chi connectivity index (χ0n) is 11.9. The smallest absolute Gasteiger partial charge is 0.0294 e. The highest BCUT2D eigenvalue weighted by Crippen LogP contribution is 2.22. The summed E-state index contributed by atoms with van der Waals surface area (Å²) in [4.78, 5) is 2.43. The fourth-order valence-corrected chi connectivity index (χ4v) is 2.90. The van der Waals surface area contributed by atoms with Crippen molar-refractivity contribution in [3.05, 3.63) is 35.9 Å². The summed E-state index contributed by atoms with van der Waals surface area (Å²) >= 11 is 0. The Hall–Kier alpha value is -0.860. The molecule has 2 nitrogen and oxygen atoms in total. The van der Waals surface area contributed by atoms with Gasteiger partial charge in [-0.25, -0.2) is 0 Å². The summed E-state index contributed by atoms with van der Waals surface area (Å²) in [5.41, 5.74) is 1.39. The Kier molecular flexibility index (Phi) is 4.79. The predicted octanol–water partition coefficient (Wildman–Crippen LogP) is 3.07. The van der Waals surface area contributed by atoms with Crippen molar-refractivity contribution in [2.75, 3.05) is 20.1 Å². The Morgan fingerprint density at radius 1 is 1.11 bits per heavy atom. The van der Waals surface area contributed by atoms with E-state index in [0.29, 0.717) is 12.1 Å².